The fraction of sp³-hybridized carbons (Fsp3) is 0.261. The maximum Gasteiger partial charge on any atom is 0.226 e. The summed E-state index contributed by atoms with van der Waals surface area (Å²) in [6, 6.07) is 12.5. The Labute approximate surface area is 179 Å². The number of Topliss-reactive ketones (excluding diaryl/α,β-unsaturated/α-hetero) is 1. The van der Waals surface area contributed by atoms with Gasteiger partial charge in [-0.25, -0.2) is 4.68 Å². The molecule has 8 nitrogen and oxygen atoms in total. The Bertz CT molecular complexity index is 1180. The Hall–Kier alpha value is -3.81. The number of benzene rings is 2. The number of aromatic nitrogens is 3. The van der Waals surface area contributed by atoms with Crippen molar-refractivity contribution in [3.8, 4) is 17.2 Å². The third-order valence-corrected chi connectivity index (χ3v) is 5.97. The number of anilines is 1. The molecule has 2 aliphatic rings. The van der Waals surface area contributed by atoms with Crippen LogP contribution in [-0.4, -0.2) is 39.9 Å². The van der Waals surface area contributed by atoms with E-state index in [0.717, 1.165) is 22.6 Å². The van der Waals surface area contributed by atoms with E-state index in [1.165, 1.54) is 13.4 Å². The third kappa shape index (κ3) is 3.20. The molecule has 0 radical (unpaired) electrons. The van der Waals surface area contributed by atoms with Crippen LogP contribution in [0.2, 0.25) is 0 Å². The van der Waals surface area contributed by atoms with Gasteiger partial charge in [0.1, 0.15) is 18.1 Å². The first kappa shape index (κ1) is 19.2. The Morgan fingerprint density at radius 2 is 1.84 bits per heavy atom. The van der Waals surface area contributed by atoms with Crippen molar-refractivity contribution in [2.24, 2.45) is 0 Å². The number of methoxy groups -OCH3 is 2. The number of aromatic hydroxyl groups is 1. The molecule has 0 saturated heterocycles. The van der Waals surface area contributed by atoms with Crippen molar-refractivity contribution in [2.75, 3.05) is 19.5 Å². The number of nitrogens with one attached hydrogen (secondary N) is 1. The lowest BCUT2D eigenvalue weighted by atomic mass is 9.78. The molecule has 3 aromatic rings. The minimum atomic E-state index is -0.437. The molecule has 31 heavy (non-hydrogen) atoms. The molecule has 0 bridgehead atoms. The van der Waals surface area contributed by atoms with E-state index < -0.39 is 6.04 Å². The van der Waals surface area contributed by atoms with Gasteiger partial charge in [-0.2, -0.15) is 10.1 Å². The van der Waals surface area contributed by atoms with Gasteiger partial charge in [-0.05, 0) is 47.7 Å². The fourth-order valence-corrected chi connectivity index (χ4v) is 4.44. The average Bonchev–Trinajstić information content (AvgIpc) is 3.26. The quantitative estimate of drug-likeness (QED) is 0.670. The van der Waals surface area contributed by atoms with Crippen LogP contribution in [0.4, 0.5) is 5.95 Å². The van der Waals surface area contributed by atoms with Crippen LogP contribution in [0.15, 0.2) is 60.1 Å². The zero-order valence-electron chi connectivity index (χ0n) is 17.2. The molecule has 0 fully saturated rings. The zero-order chi connectivity index (χ0) is 21.5. The summed E-state index contributed by atoms with van der Waals surface area (Å²) in [6.07, 6.45) is 2.56. The van der Waals surface area contributed by atoms with Crippen molar-refractivity contribution in [1.82, 2.24) is 14.8 Å². The SMILES string of the molecule is COc1ccc(C2CC(=O)C3=C(C2)Nc2ncnn2C3c2ccc(O)c(OC)c2)cc1. The van der Waals surface area contributed by atoms with Crippen LogP contribution >= 0.6 is 0 Å². The highest BCUT2D eigenvalue weighted by Gasteiger charge is 2.39. The third-order valence-electron chi connectivity index (χ3n) is 5.97. The van der Waals surface area contributed by atoms with Crippen LogP contribution in [0, 0.1) is 0 Å². The number of nitrogens with zero attached hydrogens (tertiary/aromatic N) is 3. The van der Waals surface area contributed by atoms with E-state index in [1.54, 1.807) is 30.0 Å². The second kappa shape index (κ2) is 7.46. The number of hydrogen-bond donors (Lipinski definition) is 2. The van der Waals surface area contributed by atoms with Crippen LogP contribution < -0.4 is 14.8 Å². The van der Waals surface area contributed by atoms with Gasteiger partial charge < -0.3 is 19.9 Å². The molecule has 158 valence electrons. The molecular weight excluding hydrogens is 396 g/mol. The van der Waals surface area contributed by atoms with Crippen molar-refractivity contribution < 1.29 is 19.4 Å². The highest BCUT2D eigenvalue weighted by molar-refractivity contribution is 6.00. The van der Waals surface area contributed by atoms with Crippen LogP contribution in [0.5, 0.6) is 17.2 Å². The number of rotatable bonds is 4. The Morgan fingerprint density at radius 3 is 2.58 bits per heavy atom. The second-order valence-electron chi connectivity index (χ2n) is 7.68. The number of phenolic OH excluding ortho intramolecular Hbond substituents is 1. The Kier molecular flexibility index (Phi) is 4.62. The molecule has 2 unspecified atom stereocenters. The number of phenols is 1. The van der Waals surface area contributed by atoms with E-state index >= 15 is 0 Å². The summed E-state index contributed by atoms with van der Waals surface area (Å²) in [6.45, 7) is 0. The van der Waals surface area contributed by atoms with Gasteiger partial charge in [0, 0.05) is 17.7 Å². The monoisotopic (exact) mass is 418 g/mol. The van der Waals surface area contributed by atoms with Gasteiger partial charge in [0.2, 0.25) is 5.95 Å². The lowest BCUT2D eigenvalue weighted by molar-refractivity contribution is -0.116. The lowest BCUT2D eigenvalue weighted by Crippen LogP contribution is -2.33. The fourth-order valence-electron chi connectivity index (χ4n) is 4.44. The zero-order valence-corrected chi connectivity index (χ0v) is 17.2. The van der Waals surface area contributed by atoms with Crippen molar-refractivity contribution in [3.63, 3.8) is 0 Å². The first-order valence-corrected chi connectivity index (χ1v) is 10.0. The van der Waals surface area contributed by atoms with Crippen molar-refractivity contribution in [3.05, 3.63) is 71.2 Å². The van der Waals surface area contributed by atoms with Crippen LogP contribution in [-0.2, 0) is 4.79 Å². The molecule has 2 aromatic carbocycles. The largest absolute Gasteiger partial charge is 0.504 e. The lowest BCUT2D eigenvalue weighted by Gasteiger charge is -2.35. The van der Waals surface area contributed by atoms with E-state index in [9.17, 15) is 9.90 Å². The summed E-state index contributed by atoms with van der Waals surface area (Å²) < 4.78 is 12.2. The molecule has 2 atom stereocenters. The number of fused-ring (bicyclic) bond motifs is 1. The molecule has 1 aromatic heterocycles. The number of carbonyl (C=O) groups excluding carboxylic acids is 1. The molecule has 0 amide bonds. The summed E-state index contributed by atoms with van der Waals surface area (Å²) in [4.78, 5) is 17.7. The molecule has 0 spiro atoms. The van der Waals surface area contributed by atoms with Gasteiger partial charge in [0.25, 0.3) is 0 Å². The smallest absolute Gasteiger partial charge is 0.226 e. The highest BCUT2D eigenvalue weighted by Crippen LogP contribution is 2.45. The van der Waals surface area contributed by atoms with Crippen LogP contribution in [0.25, 0.3) is 0 Å². The first-order chi connectivity index (χ1) is 15.1. The van der Waals surface area contributed by atoms with E-state index in [1.807, 2.05) is 24.3 Å². The van der Waals surface area contributed by atoms with Crippen LogP contribution in [0.3, 0.4) is 0 Å². The second-order valence-corrected chi connectivity index (χ2v) is 7.68. The summed E-state index contributed by atoms with van der Waals surface area (Å²) in [7, 11) is 3.13. The molecule has 2 heterocycles. The number of allylic oxidation sites excluding steroid dienone is 2. The number of ketones is 1. The molecule has 1 aliphatic heterocycles. The minimum absolute atomic E-state index is 0.0442. The molecule has 2 N–H and O–H groups in total. The van der Waals surface area contributed by atoms with E-state index in [2.05, 4.69) is 15.4 Å². The van der Waals surface area contributed by atoms with Gasteiger partial charge in [-0.1, -0.05) is 18.2 Å². The standard InChI is InChI=1S/C23H22N4O4/c1-30-16-6-3-13(4-7-16)15-9-17-21(19(29)10-15)22(27-23(26-17)24-12-25-27)14-5-8-18(28)20(11-14)31-2/h3-8,11-12,15,22,28H,9-10H2,1-2H3,(H,24,25,26). The topological polar surface area (TPSA) is 98.5 Å². The summed E-state index contributed by atoms with van der Waals surface area (Å²) in [5, 5.41) is 17.7. The summed E-state index contributed by atoms with van der Waals surface area (Å²) in [5.41, 5.74) is 3.43. The molecule has 1 aliphatic carbocycles. The number of ether oxygens (including phenoxy) is 2. The van der Waals surface area contributed by atoms with Gasteiger partial charge in [-0.3, -0.25) is 4.79 Å². The predicted molar refractivity (Wildman–Crippen MR) is 113 cm³/mol. The highest BCUT2D eigenvalue weighted by atomic mass is 16.5. The number of hydrogen-bond acceptors (Lipinski definition) is 7. The van der Waals surface area contributed by atoms with Gasteiger partial charge in [0.05, 0.1) is 14.2 Å². The van der Waals surface area contributed by atoms with E-state index in [-0.39, 0.29) is 17.5 Å². The number of carbonyl (C=O) groups is 1. The predicted octanol–water partition coefficient (Wildman–Crippen LogP) is 3.42. The Balaban J connectivity index is 1.57. The van der Waals surface area contributed by atoms with Gasteiger partial charge in [0.15, 0.2) is 17.3 Å². The molecule has 0 saturated carbocycles. The van der Waals surface area contributed by atoms with Crippen LogP contribution in [0.1, 0.15) is 35.9 Å². The maximum atomic E-state index is 13.4. The van der Waals surface area contributed by atoms with Gasteiger partial charge in [-0.15, -0.1) is 0 Å². The average molecular weight is 418 g/mol. The van der Waals surface area contributed by atoms with E-state index in [4.69, 9.17) is 9.47 Å². The normalized spacial score (nSPS) is 20.0. The first-order valence-electron chi connectivity index (χ1n) is 10.0. The summed E-state index contributed by atoms with van der Waals surface area (Å²) >= 11 is 0. The summed E-state index contributed by atoms with van der Waals surface area (Å²) in [5.74, 6) is 1.89. The van der Waals surface area contributed by atoms with Crippen molar-refractivity contribution in [2.45, 2.75) is 24.8 Å². The van der Waals surface area contributed by atoms with E-state index in [0.29, 0.717) is 30.1 Å². The molecule has 8 heteroatoms. The Morgan fingerprint density at radius 1 is 1.06 bits per heavy atom. The van der Waals surface area contributed by atoms with Crippen molar-refractivity contribution in [1.29, 1.82) is 0 Å². The van der Waals surface area contributed by atoms with Crippen molar-refractivity contribution >= 4 is 11.7 Å². The minimum Gasteiger partial charge on any atom is -0.504 e. The molecular formula is C23H22N4O4. The van der Waals surface area contributed by atoms with Gasteiger partial charge >= 0.3 is 0 Å². The molecule has 5 rings (SSSR count). The maximum absolute atomic E-state index is 13.4.